The third-order valence-corrected chi connectivity index (χ3v) is 2.39. The van der Waals surface area contributed by atoms with Gasteiger partial charge in [-0.1, -0.05) is 0 Å². The predicted molar refractivity (Wildman–Crippen MR) is 67.3 cm³/mol. The molecule has 0 aliphatic rings. The van der Waals surface area contributed by atoms with Gasteiger partial charge in [-0.15, -0.1) is 0 Å². The fraction of sp³-hybridized carbons (Fsp3) is 0.167. The maximum Gasteiger partial charge on any atom is 0.256 e. The van der Waals surface area contributed by atoms with Crippen molar-refractivity contribution in [1.29, 1.82) is 0 Å². The first-order chi connectivity index (χ1) is 8.16. The molecule has 0 aliphatic carbocycles. The molecule has 0 fully saturated rings. The maximum absolute atomic E-state index is 11.8. The fourth-order valence-electron chi connectivity index (χ4n) is 1.43. The molecule has 5 nitrogen and oxygen atoms in total. The smallest absolute Gasteiger partial charge is 0.256 e. The normalized spacial score (nSPS) is 10.0. The lowest BCUT2D eigenvalue weighted by molar-refractivity contribution is 0.102. The molecular weight excluding hydrogens is 216 g/mol. The maximum atomic E-state index is 11.8. The van der Waals surface area contributed by atoms with Gasteiger partial charge >= 0.3 is 0 Å². The fourth-order valence-corrected chi connectivity index (χ4v) is 1.43. The molecule has 0 radical (unpaired) electrons. The molecule has 1 heterocycles. The summed E-state index contributed by atoms with van der Waals surface area (Å²) < 4.78 is 0. The van der Waals surface area contributed by atoms with Gasteiger partial charge in [-0.2, -0.15) is 5.10 Å². The van der Waals surface area contributed by atoms with Crippen LogP contribution in [0.3, 0.4) is 0 Å². The molecule has 2 rings (SSSR count). The molecule has 88 valence electrons. The lowest BCUT2D eigenvalue weighted by Gasteiger charge is -2.12. The second-order valence-electron chi connectivity index (χ2n) is 3.87. The van der Waals surface area contributed by atoms with Crippen LogP contribution in [0.25, 0.3) is 0 Å². The first-order valence-electron chi connectivity index (χ1n) is 5.25. The van der Waals surface area contributed by atoms with E-state index < -0.39 is 0 Å². The SMILES string of the molecule is CN(C)c1ccc(C(=O)Nc2ccn[nH]2)cc1. The number of aromatic nitrogens is 2. The number of benzene rings is 1. The van der Waals surface area contributed by atoms with Crippen LogP contribution in [0.5, 0.6) is 0 Å². The highest BCUT2D eigenvalue weighted by Crippen LogP contribution is 2.13. The van der Waals surface area contributed by atoms with Gasteiger partial charge in [0, 0.05) is 31.4 Å². The van der Waals surface area contributed by atoms with E-state index in [-0.39, 0.29) is 5.91 Å². The van der Waals surface area contributed by atoms with E-state index in [4.69, 9.17) is 0 Å². The molecule has 0 saturated carbocycles. The standard InChI is InChI=1S/C12H14N4O/c1-16(2)10-5-3-9(4-6-10)12(17)14-11-7-8-13-15-11/h3-8H,1-2H3,(H2,13,14,15,17). The van der Waals surface area contributed by atoms with E-state index in [1.807, 2.05) is 31.1 Å². The Hall–Kier alpha value is -2.30. The first kappa shape index (κ1) is 11.2. The Kier molecular flexibility index (Phi) is 3.09. The summed E-state index contributed by atoms with van der Waals surface area (Å²) >= 11 is 0. The van der Waals surface area contributed by atoms with E-state index in [1.54, 1.807) is 24.4 Å². The minimum Gasteiger partial charge on any atom is -0.378 e. The van der Waals surface area contributed by atoms with Crippen molar-refractivity contribution in [2.24, 2.45) is 0 Å². The Bertz CT molecular complexity index is 488. The van der Waals surface area contributed by atoms with Crippen molar-refractivity contribution in [3.05, 3.63) is 42.1 Å². The van der Waals surface area contributed by atoms with Gasteiger partial charge < -0.3 is 10.2 Å². The third-order valence-electron chi connectivity index (χ3n) is 2.39. The second-order valence-corrected chi connectivity index (χ2v) is 3.87. The van der Waals surface area contributed by atoms with Crippen LogP contribution in [0, 0.1) is 0 Å². The molecule has 0 bridgehead atoms. The number of nitrogens with one attached hydrogen (secondary N) is 2. The molecule has 2 N–H and O–H groups in total. The van der Waals surface area contributed by atoms with Gasteiger partial charge in [-0.3, -0.25) is 9.89 Å². The van der Waals surface area contributed by atoms with E-state index >= 15 is 0 Å². The molecule has 1 aromatic carbocycles. The van der Waals surface area contributed by atoms with Crippen LogP contribution < -0.4 is 10.2 Å². The van der Waals surface area contributed by atoms with Gasteiger partial charge in [0.05, 0.1) is 6.20 Å². The van der Waals surface area contributed by atoms with Gasteiger partial charge in [0.25, 0.3) is 5.91 Å². The van der Waals surface area contributed by atoms with Crippen molar-refractivity contribution in [2.45, 2.75) is 0 Å². The number of rotatable bonds is 3. The van der Waals surface area contributed by atoms with E-state index in [0.717, 1.165) is 5.69 Å². The average molecular weight is 230 g/mol. The van der Waals surface area contributed by atoms with Crippen LogP contribution in [0.15, 0.2) is 36.5 Å². The summed E-state index contributed by atoms with van der Waals surface area (Å²) in [5.41, 5.74) is 1.67. The summed E-state index contributed by atoms with van der Waals surface area (Å²) in [5.74, 6) is 0.436. The van der Waals surface area contributed by atoms with Gasteiger partial charge in [0.15, 0.2) is 0 Å². The molecule has 0 spiro atoms. The van der Waals surface area contributed by atoms with E-state index in [0.29, 0.717) is 11.4 Å². The molecule has 0 atom stereocenters. The van der Waals surface area contributed by atoms with E-state index in [1.165, 1.54) is 0 Å². The molecule has 0 saturated heterocycles. The Morgan fingerprint density at radius 3 is 2.47 bits per heavy atom. The predicted octanol–water partition coefficient (Wildman–Crippen LogP) is 1.73. The quantitative estimate of drug-likeness (QED) is 0.844. The topological polar surface area (TPSA) is 61.0 Å². The van der Waals surface area contributed by atoms with Crippen molar-refractivity contribution in [3.8, 4) is 0 Å². The van der Waals surface area contributed by atoms with Crippen molar-refractivity contribution in [2.75, 3.05) is 24.3 Å². The molecule has 0 aliphatic heterocycles. The van der Waals surface area contributed by atoms with Gasteiger partial charge in [0.2, 0.25) is 0 Å². The zero-order valence-electron chi connectivity index (χ0n) is 9.77. The Balaban J connectivity index is 2.09. The summed E-state index contributed by atoms with van der Waals surface area (Å²) in [7, 11) is 3.92. The number of hydrogen-bond acceptors (Lipinski definition) is 3. The molecule has 0 unspecified atom stereocenters. The first-order valence-corrected chi connectivity index (χ1v) is 5.25. The van der Waals surface area contributed by atoms with Crippen LogP contribution in [-0.2, 0) is 0 Å². The number of amides is 1. The number of carbonyl (C=O) groups is 1. The minimum atomic E-state index is -0.153. The highest BCUT2D eigenvalue weighted by atomic mass is 16.1. The Labute approximate surface area is 99.5 Å². The zero-order chi connectivity index (χ0) is 12.3. The third kappa shape index (κ3) is 2.63. The van der Waals surface area contributed by atoms with Crippen molar-refractivity contribution < 1.29 is 4.79 Å². The average Bonchev–Trinajstić information content (AvgIpc) is 2.82. The molecule has 2 aromatic rings. The molecule has 1 amide bonds. The lowest BCUT2D eigenvalue weighted by Crippen LogP contribution is -2.13. The summed E-state index contributed by atoms with van der Waals surface area (Å²) in [6.07, 6.45) is 1.59. The molecule has 17 heavy (non-hydrogen) atoms. The number of aromatic amines is 1. The number of nitrogens with zero attached hydrogens (tertiary/aromatic N) is 2. The van der Waals surface area contributed by atoms with Gasteiger partial charge in [-0.05, 0) is 24.3 Å². The minimum absolute atomic E-state index is 0.153. The number of hydrogen-bond donors (Lipinski definition) is 2. The highest BCUT2D eigenvalue weighted by molar-refractivity contribution is 6.03. The monoisotopic (exact) mass is 230 g/mol. The Morgan fingerprint density at radius 1 is 1.24 bits per heavy atom. The summed E-state index contributed by atoms with van der Waals surface area (Å²) in [4.78, 5) is 13.8. The van der Waals surface area contributed by atoms with Crippen LogP contribution in [0.4, 0.5) is 11.5 Å². The van der Waals surface area contributed by atoms with Crippen LogP contribution in [0.1, 0.15) is 10.4 Å². The summed E-state index contributed by atoms with van der Waals surface area (Å²) in [6, 6.07) is 9.10. The number of anilines is 2. The summed E-state index contributed by atoms with van der Waals surface area (Å²) in [6.45, 7) is 0. The molecule has 1 aromatic heterocycles. The van der Waals surface area contributed by atoms with Gasteiger partial charge in [0.1, 0.15) is 5.82 Å². The van der Waals surface area contributed by atoms with Crippen molar-refractivity contribution in [3.63, 3.8) is 0 Å². The number of H-pyrrole nitrogens is 1. The Morgan fingerprint density at radius 2 is 1.94 bits per heavy atom. The van der Waals surface area contributed by atoms with Crippen LogP contribution in [-0.4, -0.2) is 30.2 Å². The number of carbonyl (C=O) groups excluding carboxylic acids is 1. The molecule has 5 heteroatoms. The van der Waals surface area contributed by atoms with Crippen LogP contribution in [0.2, 0.25) is 0 Å². The van der Waals surface area contributed by atoms with E-state index in [9.17, 15) is 4.79 Å². The van der Waals surface area contributed by atoms with E-state index in [2.05, 4.69) is 15.5 Å². The largest absolute Gasteiger partial charge is 0.378 e. The highest BCUT2D eigenvalue weighted by Gasteiger charge is 2.06. The van der Waals surface area contributed by atoms with Crippen LogP contribution >= 0.6 is 0 Å². The molecular formula is C12H14N4O. The lowest BCUT2D eigenvalue weighted by atomic mass is 10.2. The zero-order valence-corrected chi connectivity index (χ0v) is 9.77. The van der Waals surface area contributed by atoms with Crippen molar-refractivity contribution in [1.82, 2.24) is 10.2 Å². The second kappa shape index (κ2) is 4.69. The van der Waals surface area contributed by atoms with Crippen molar-refractivity contribution >= 4 is 17.4 Å². The summed E-state index contributed by atoms with van der Waals surface area (Å²) in [5, 5.41) is 9.15. The van der Waals surface area contributed by atoms with Gasteiger partial charge in [-0.25, -0.2) is 0 Å².